The van der Waals surface area contributed by atoms with Gasteiger partial charge in [0.1, 0.15) is 0 Å². The third-order valence-electron chi connectivity index (χ3n) is 4.82. The van der Waals surface area contributed by atoms with Crippen molar-refractivity contribution in [1.82, 2.24) is 0 Å². The van der Waals surface area contributed by atoms with E-state index in [0.29, 0.717) is 10.6 Å². The van der Waals surface area contributed by atoms with Crippen molar-refractivity contribution in [3.8, 4) is 11.1 Å². The van der Waals surface area contributed by atoms with Crippen LogP contribution in [0.2, 0.25) is 5.02 Å². The maximum Gasteiger partial charge on any atom is 0.150 e. The minimum atomic E-state index is 0.572. The molecule has 26 heavy (non-hydrogen) atoms. The number of thiophene rings is 1. The Morgan fingerprint density at radius 2 is 1.46 bits per heavy atom. The Kier molecular flexibility index (Phi) is 3.56. The van der Waals surface area contributed by atoms with E-state index in [0.717, 1.165) is 22.8 Å². The van der Waals surface area contributed by atoms with Gasteiger partial charge in [-0.1, -0.05) is 60.1 Å². The maximum atomic E-state index is 11.6. The van der Waals surface area contributed by atoms with Gasteiger partial charge in [0, 0.05) is 30.8 Å². The molecule has 5 rings (SSSR count). The van der Waals surface area contributed by atoms with Crippen molar-refractivity contribution in [3.05, 3.63) is 83.4 Å². The molecule has 0 N–H and O–H groups in total. The molecule has 0 radical (unpaired) electrons. The van der Waals surface area contributed by atoms with Gasteiger partial charge in [0.2, 0.25) is 0 Å². The number of benzene rings is 4. The first-order valence-corrected chi connectivity index (χ1v) is 9.54. The first kappa shape index (κ1) is 15.6. The number of carbonyl (C=O) groups excluding carboxylic acids is 1. The van der Waals surface area contributed by atoms with E-state index in [1.54, 1.807) is 17.4 Å². The number of aldehydes is 1. The van der Waals surface area contributed by atoms with Crippen LogP contribution in [0.3, 0.4) is 0 Å². The first-order valence-electron chi connectivity index (χ1n) is 8.34. The smallest absolute Gasteiger partial charge is 0.150 e. The van der Waals surface area contributed by atoms with Gasteiger partial charge in [-0.05, 0) is 46.2 Å². The van der Waals surface area contributed by atoms with E-state index in [1.165, 1.54) is 25.6 Å². The topological polar surface area (TPSA) is 17.1 Å². The summed E-state index contributed by atoms with van der Waals surface area (Å²) in [5.74, 6) is 0. The van der Waals surface area contributed by atoms with Crippen LogP contribution >= 0.6 is 22.9 Å². The second-order valence-corrected chi connectivity index (χ2v) is 7.81. The molecule has 0 unspecified atom stereocenters. The van der Waals surface area contributed by atoms with Crippen LogP contribution in [0.5, 0.6) is 0 Å². The molecule has 1 nitrogen and oxygen atoms in total. The molecule has 0 saturated carbocycles. The fraction of sp³-hybridized carbons (Fsp3) is 0. The average molecular weight is 373 g/mol. The minimum absolute atomic E-state index is 0.572. The Labute approximate surface area is 159 Å². The maximum absolute atomic E-state index is 11.6. The van der Waals surface area contributed by atoms with E-state index in [-0.39, 0.29) is 0 Å². The van der Waals surface area contributed by atoms with Gasteiger partial charge in [-0.25, -0.2) is 0 Å². The van der Waals surface area contributed by atoms with Crippen molar-refractivity contribution in [3.63, 3.8) is 0 Å². The third kappa shape index (κ3) is 2.27. The summed E-state index contributed by atoms with van der Waals surface area (Å²) in [5.41, 5.74) is 2.60. The number of hydrogen-bond donors (Lipinski definition) is 0. The van der Waals surface area contributed by atoms with Gasteiger partial charge in [-0.2, -0.15) is 0 Å². The Morgan fingerprint density at radius 3 is 2.27 bits per heavy atom. The van der Waals surface area contributed by atoms with Gasteiger partial charge in [0.05, 0.1) is 0 Å². The van der Waals surface area contributed by atoms with E-state index in [9.17, 15) is 4.79 Å². The lowest BCUT2D eigenvalue weighted by Crippen LogP contribution is -1.89. The molecule has 1 heterocycles. The summed E-state index contributed by atoms with van der Waals surface area (Å²) in [5, 5.41) is 5.50. The van der Waals surface area contributed by atoms with Crippen LogP contribution in [0, 0.1) is 0 Å². The molecule has 0 bridgehead atoms. The van der Waals surface area contributed by atoms with Crippen molar-refractivity contribution in [2.45, 2.75) is 0 Å². The zero-order valence-electron chi connectivity index (χ0n) is 13.7. The Hall–Kier alpha value is -2.68. The highest BCUT2D eigenvalue weighted by Crippen LogP contribution is 2.43. The highest BCUT2D eigenvalue weighted by Gasteiger charge is 2.15. The predicted octanol–water partition coefficient (Wildman–Crippen LogP) is 7.34. The molecule has 0 atom stereocenters. The van der Waals surface area contributed by atoms with E-state index in [1.807, 2.05) is 18.2 Å². The van der Waals surface area contributed by atoms with Crippen LogP contribution < -0.4 is 0 Å². The van der Waals surface area contributed by atoms with Crippen LogP contribution in [0.25, 0.3) is 42.1 Å². The standard InChI is InChI=1S/C23H13ClOS/c24-15-9-10-16(14(11-15)13-25)20-12-22-23(18-6-2-1-5-17(18)20)19-7-3-4-8-21(19)26-22/h1-13H. The van der Waals surface area contributed by atoms with Gasteiger partial charge >= 0.3 is 0 Å². The molecule has 1 aromatic heterocycles. The van der Waals surface area contributed by atoms with Gasteiger partial charge in [0.25, 0.3) is 0 Å². The highest BCUT2D eigenvalue weighted by atomic mass is 35.5. The summed E-state index contributed by atoms with van der Waals surface area (Å²) in [6.07, 6.45) is 0.880. The van der Waals surface area contributed by atoms with E-state index < -0.39 is 0 Å². The summed E-state index contributed by atoms with van der Waals surface area (Å²) in [6.45, 7) is 0. The molecular weight excluding hydrogens is 360 g/mol. The lowest BCUT2D eigenvalue weighted by molar-refractivity contribution is 0.112. The SMILES string of the molecule is O=Cc1cc(Cl)ccc1-c1cc2sc3ccccc3c2c2ccccc12. The molecule has 0 saturated heterocycles. The average Bonchev–Trinajstić information content (AvgIpc) is 3.06. The number of carbonyl (C=O) groups is 1. The molecule has 0 aliphatic heterocycles. The zero-order chi connectivity index (χ0) is 17.7. The lowest BCUT2D eigenvalue weighted by atomic mass is 9.93. The third-order valence-corrected chi connectivity index (χ3v) is 6.17. The molecule has 0 amide bonds. The second-order valence-electron chi connectivity index (χ2n) is 6.29. The van der Waals surface area contributed by atoms with Crippen LogP contribution in [0.4, 0.5) is 0 Å². The fourth-order valence-corrected chi connectivity index (χ4v) is 5.03. The molecule has 3 heteroatoms. The largest absolute Gasteiger partial charge is 0.298 e. The number of rotatable bonds is 2. The van der Waals surface area contributed by atoms with Crippen molar-refractivity contribution in [2.75, 3.05) is 0 Å². The summed E-state index contributed by atoms with van der Waals surface area (Å²) in [6, 6.07) is 24.6. The van der Waals surface area contributed by atoms with E-state index >= 15 is 0 Å². The Balaban J connectivity index is 1.98. The molecule has 0 fully saturated rings. The predicted molar refractivity (Wildman–Crippen MR) is 113 cm³/mol. The van der Waals surface area contributed by atoms with Gasteiger partial charge in [0.15, 0.2) is 6.29 Å². The number of fused-ring (bicyclic) bond motifs is 5. The van der Waals surface area contributed by atoms with E-state index in [2.05, 4.69) is 48.5 Å². The number of halogens is 1. The normalized spacial score (nSPS) is 11.4. The monoisotopic (exact) mass is 372 g/mol. The van der Waals surface area contributed by atoms with Gasteiger partial charge in [-0.15, -0.1) is 11.3 Å². The summed E-state index contributed by atoms with van der Waals surface area (Å²) in [7, 11) is 0. The van der Waals surface area contributed by atoms with Crippen molar-refractivity contribution >= 4 is 60.2 Å². The zero-order valence-corrected chi connectivity index (χ0v) is 15.3. The van der Waals surface area contributed by atoms with Crippen LogP contribution in [-0.2, 0) is 0 Å². The van der Waals surface area contributed by atoms with Crippen molar-refractivity contribution in [1.29, 1.82) is 0 Å². The van der Waals surface area contributed by atoms with Gasteiger partial charge in [-0.3, -0.25) is 4.79 Å². The fourth-order valence-electron chi connectivity index (χ4n) is 3.69. The molecule has 124 valence electrons. The second kappa shape index (κ2) is 5.94. The molecule has 4 aromatic carbocycles. The highest BCUT2D eigenvalue weighted by molar-refractivity contribution is 7.26. The Bertz CT molecular complexity index is 1320. The molecular formula is C23H13ClOS. The van der Waals surface area contributed by atoms with Crippen molar-refractivity contribution in [2.24, 2.45) is 0 Å². The summed E-state index contributed by atoms with van der Waals surface area (Å²) in [4.78, 5) is 11.6. The lowest BCUT2D eigenvalue weighted by Gasteiger charge is -2.11. The quantitative estimate of drug-likeness (QED) is 0.296. The van der Waals surface area contributed by atoms with Crippen LogP contribution in [-0.4, -0.2) is 6.29 Å². The molecule has 5 aromatic rings. The van der Waals surface area contributed by atoms with Crippen LogP contribution in [0.1, 0.15) is 10.4 Å². The number of hydrogen-bond acceptors (Lipinski definition) is 2. The van der Waals surface area contributed by atoms with Crippen molar-refractivity contribution < 1.29 is 4.79 Å². The van der Waals surface area contributed by atoms with Gasteiger partial charge < -0.3 is 0 Å². The first-order chi connectivity index (χ1) is 12.8. The van der Waals surface area contributed by atoms with Crippen LogP contribution in [0.15, 0.2) is 72.8 Å². The molecule has 0 aliphatic rings. The van der Waals surface area contributed by atoms with E-state index in [4.69, 9.17) is 11.6 Å². The Morgan fingerprint density at radius 1 is 0.731 bits per heavy atom. The summed E-state index contributed by atoms with van der Waals surface area (Å²) < 4.78 is 2.50. The minimum Gasteiger partial charge on any atom is -0.298 e. The molecule has 0 aliphatic carbocycles. The molecule has 0 spiro atoms. The summed E-state index contributed by atoms with van der Waals surface area (Å²) >= 11 is 7.88.